The highest BCUT2D eigenvalue weighted by atomic mass is 32.2. The maximum Gasteiger partial charge on any atom is 0.311 e. The maximum absolute atomic E-state index is 14.0. The second-order valence-corrected chi connectivity index (χ2v) is 12.4. The number of para-hydroxylation sites is 1. The van der Waals surface area contributed by atoms with Crippen molar-refractivity contribution >= 4 is 33.0 Å². The van der Waals surface area contributed by atoms with E-state index in [1.54, 1.807) is 28.6 Å². The zero-order valence-electron chi connectivity index (χ0n) is 22.7. The molecule has 1 saturated carbocycles. The van der Waals surface area contributed by atoms with Crippen molar-refractivity contribution in [3.8, 4) is 5.75 Å². The van der Waals surface area contributed by atoms with Gasteiger partial charge >= 0.3 is 5.97 Å². The first kappa shape index (κ1) is 27.4. The zero-order chi connectivity index (χ0) is 27.6. The quantitative estimate of drug-likeness (QED) is 0.320. The number of nitrogens with zero attached hydrogens (tertiary/aromatic N) is 3. The lowest BCUT2D eigenvalue weighted by atomic mass is 9.90. The molecule has 0 unspecified atom stereocenters. The fourth-order valence-corrected chi connectivity index (χ4v) is 7.95. The molecule has 9 heteroatoms. The standard InChI is InChI=1S/C30H37N3O5S/c1-4-22-17-24(38-5-2)14-15-29(22)39(35,36)32-19-23(16-21-10-6-7-11-21)28(20-32)33-27-13-9-8-12-25(27)26(31-33)18-30(34)37-3/h4,8-9,12-15,17,21,23,28H,1,5-7,10-11,16,18-20H2,2-3H3/t23-,28+/m1/s1. The van der Waals surface area contributed by atoms with Gasteiger partial charge < -0.3 is 9.47 Å². The SMILES string of the molecule is C=Cc1cc(OCC)ccc1S(=O)(=O)N1C[C@@H](CC2CCCC2)[C@@H](n2nc(CC(=O)OC)c3ccccc32)C1. The summed E-state index contributed by atoms with van der Waals surface area (Å²) in [7, 11) is -2.43. The smallest absolute Gasteiger partial charge is 0.311 e. The number of hydrogen-bond acceptors (Lipinski definition) is 6. The molecule has 0 bridgehead atoms. The molecule has 208 valence electrons. The Morgan fingerprint density at radius 3 is 2.64 bits per heavy atom. The van der Waals surface area contributed by atoms with Crippen LogP contribution in [0.5, 0.6) is 5.75 Å². The van der Waals surface area contributed by atoms with Crippen molar-refractivity contribution < 1.29 is 22.7 Å². The number of sulfonamides is 1. The van der Waals surface area contributed by atoms with E-state index in [0.29, 0.717) is 42.6 Å². The van der Waals surface area contributed by atoms with E-state index in [2.05, 4.69) is 6.58 Å². The van der Waals surface area contributed by atoms with E-state index in [1.165, 1.54) is 32.8 Å². The summed E-state index contributed by atoms with van der Waals surface area (Å²) in [5.41, 5.74) is 2.09. The van der Waals surface area contributed by atoms with Crippen molar-refractivity contribution in [3.63, 3.8) is 0 Å². The van der Waals surface area contributed by atoms with Crippen molar-refractivity contribution in [1.82, 2.24) is 14.1 Å². The van der Waals surface area contributed by atoms with Crippen LogP contribution in [0.1, 0.15) is 56.3 Å². The van der Waals surface area contributed by atoms with Crippen LogP contribution in [-0.4, -0.2) is 55.3 Å². The van der Waals surface area contributed by atoms with E-state index >= 15 is 0 Å². The van der Waals surface area contributed by atoms with Gasteiger partial charge in [-0.3, -0.25) is 9.48 Å². The van der Waals surface area contributed by atoms with Gasteiger partial charge in [-0.2, -0.15) is 9.40 Å². The van der Waals surface area contributed by atoms with Crippen LogP contribution >= 0.6 is 0 Å². The normalized spacial score (nSPS) is 20.5. The highest BCUT2D eigenvalue weighted by molar-refractivity contribution is 7.89. The van der Waals surface area contributed by atoms with Crippen molar-refractivity contribution in [2.75, 3.05) is 26.8 Å². The van der Waals surface area contributed by atoms with Crippen molar-refractivity contribution in [2.45, 2.75) is 56.4 Å². The summed E-state index contributed by atoms with van der Waals surface area (Å²) in [6.07, 6.45) is 7.42. The summed E-state index contributed by atoms with van der Waals surface area (Å²) in [5.74, 6) is 0.958. The largest absolute Gasteiger partial charge is 0.494 e. The van der Waals surface area contributed by atoms with E-state index in [9.17, 15) is 13.2 Å². The predicted molar refractivity (Wildman–Crippen MR) is 151 cm³/mol. The number of hydrogen-bond donors (Lipinski definition) is 0. The second-order valence-electron chi connectivity index (χ2n) is 10.5. The third kappa shape index (κ3) is 5.47. The Hall–Kier alpha value is -3.17. The molecule has 2 atom stereocenters. The minimum Gasteiger partial charge on any atom is -0.494 e. The Bertz CT molecular complexity index is 1460. The molecular formula is C30H37N3O5S. The van der Waals surface area contributed by atoms with Gasteiger partial charge in [-0.15, -0.1) is 0 Å². The molecule has 2 aromatic carbocycles. The number of esters is 1. The predicted octanol–water partition coefficient (Wildman–Crippen LogP) is 5.24. The molecule has 0 radical (unpaired) electrons. The van der Waals surface area contributed by atoms with E-state index < -0.39 is 10.0 Å². The summed E-state index contributed by atoms with van der Waals surface area (Å²) < 4.78 is 42.2. The lowest BCUT2D eigenvalue weighted by Crippen LogP contribution is -2.30. The number of ether oxygens (including phenoxy) is 2. The first-order valence-electron chi connectivity index (χ1n) is 13.8. The first-order valence-corrected chi connectivity index (χ1v) is 15.2. The summed E-state index contributed by atoms with van der Waals surface area (Å²) in [6, 6.07) is 12.7. The number of fused-ring (bicyclic) bond motifs is 1. The van der Waals surface area contributed by atoms with Gasteiger partial charge in [0.1, 0.15) is 5.75 Å². The average molecular weight is 552 g/mol. The Labute approximate surface area is 230 Å². The fourth-order valence-electron chi connectivity index (χ4n) is 6.26. The molecule has 1 aromatic heterocycles. The molecule has 2 heterocycles. The van der Waals surface area contributed by atoms with Gasteiger partial charge in [-0.1, -0.05) is 56.5 Å². The number of benzene rings is 2. The van der Waals surface area contributed by atoms with E-state index in [-0.39, 0.29) is 29.2 Å². The van der Waals surface area contributed by atoms with Gasteiger partial charge in [0.25, 0.3) is 0 Å². The van der Waals surface area contributed by atoms with Gasteiger partial charge in [0, 0.05) is 18.5 Å². The summed E-state index contributed by atoms with van der Waals surface area (Å²) >= 11 is 0. The number of carbonyl (C=O) groups is 1. The first-order chi connectivity index (χ1) is 18.8. The average Bonchev–Trinajstić information content (AvgIpc) is 3.69. The Morgan fingerprint density at radius 2 is 1.92 bits per heavy atom. The van der Waals surface area contributed by atoms with Crippen molar-refractivity contribution in [2.24, 2.45) is 11.8 Å². The number of rotatable bonds is 10. The van der Waals surface area contributed by atoms with Crippen LogP contribution in [-0.2, 0) is 26.0 Å². The Kier molecular flexibility index (Phi) is 8.09. The number of aromatic nitrogens is 2. The number of carbonyl (C=O) groups excluding carboxylic acids is 1. The maximum atomic E-state index is 14.0. The molecule has 3 aromatic rings. The van der Waals surface area contributed by atoms with Gasteiger partial charge in [-0.05, 0) is 55.0 Å². The van der Waals surface area contributed by atoms with E-state index in [0.717, 1.165) is 17.3 Å². The summed E-state index contributed by atoms with van der Waals surface area (Å²) in [5, 5.41) is 5.79. The molecule has 1 aliphatic carbocycles. The van der Waals surface area contributed by atoms with Crippen LogP contribution in [0.4, 0.5) is 0 Å². The van der Waals surface area contributed by atoms with Gasteiger partial charge in [-0.25, -0.2) is 8.42 Å². The van der Waals surface area contributed by atoms with Crippen molar-refractivity contribution in [1.29, 1.82) is 0 Å². The van der Waals surface area contributed by atoms with Crippen LogP contribution in [0.25, 0.3) is 17.0 Å². The van der Waals surface area contributed by atoms with Crippen LogP contribution in [0.2, 0.25) is 0 Å². The Morgan fingerprint density at radius 1 is 1.15 bits per heavy atom. The second kappa shape index (κ2) is 11.5. The molecule has 5 rings (SSSR count). The monoisotopic (exact) mass is 551 g/mol. The van der Waals surface area contributed by atoms with Crippen LogP contribution in [0, 0.1) is 11.8 Å². The van der Waals surface area contributed by atoms with Crippen LogP contribution in [0.15, 0.2) is 53.9 Å². The van der Waals surface area contributed by atoms with Gasteiger partial charge in [0.05, 0.1) is 42.3 Å². The molecular weight excluding hydrogens is 514 g/mol. The topological polar surface area (TPSA) is 90.7 Å². The Balaban J connectivity index is 1.53. The van der Waals surface area contributed by atoms with Crippen LogP contribution < -0.4 is 4.74 Å². The third-order valence-electron chi connectivity index (χ3n) is 8.16. The molecule has 1 aliphatic heterocycles. The minimum absolute atomic E-state index is 0.0703. The summed E-state index contributed by atoms with van der Waals surface area (Å²) in [4.78, 5) is 12.4. The molecule has 2 fully saturated rings. The molecule has 8 nitrogen and oxygen atoms in total. The van der Waals surface area contributed by atoms with Gasteiger partial charge in [0.15, 0.2) is 0 Å². The molecule has 0 spiro atoms. The van der Waals surface area contributed by atoms with E-state index in [4.69, 9.17) is 14.6 Å². The zero-order valence-corrected chi connectivity index (χ0v) is 23.5. The molecule has 2 aliphatic rings. The van der Waals surface area contributed by atoms with Crippen LogP contribution in [0.3, 0.4) is 0 Å². The van der Waals surface area contributed by atoms with Gasteiger partial charge in [0.2, 0.25) is 10.0 Å². The minimum atomic E-state index is -3.80. The molecule has 0 amide bonds. The molecule has 1 saturated heterocycles. The highest BCUT2D eigenvalue weighted by Crippen LogP contribution is 2.41. The third-order valence-corrected chi connectivity index (χ3v) is 10.1. The molecule has 39 heavy (non-hydrogen) atoms. The lowest BCUT2D eigenvalue weighted by molar-refractivity contribution is -0.139. The highest BCUT2D eigenvalue weighted by Gasteiger charge is 2.43. The number of methoxy groups -OCH3 is 1. The van der Waals surface area contributed by atoms with Crippen molar-refractivity contribution in [3.05, 3.63) is 60.3 Å². The van der Waals surface area contributed by atoms with E-state index in [1.807, 2.05) is 35.9 Å². The lowest BCUT2D eigenvalue weighted by Gasteiger charge is -2.22. The molecule has 0 N–H and O–H groups in total. The summed E-state index contributed by atoms with van der Waals surface area (Å²) in [6.45, 7) is 6.98. The fraction of sp³-hybridized carbons (Fsp3) is 0.467.